The summed E-state index contributed by atoms with van der Waals surface area (Å²) in [6.45, 7) is 1.87. The third-order valence-corrected chi connectivity index (χ3v) is 4.94. The standard InChI is InChI=1S/C23H16F4N4O/c1-12-2-5-16(30-21(32)18-9-15(23(25,26)27)4-6-19(18)24)10-17(12)13-3-7-20-14(8-13)11-29-22(28)31-20/h2-11H,1H3,(H,30,32)(H2,28,29,31). The third-order valence-electron chi connectivity index (χ3n) is 4.94. The molecule has 162 valence electrons. The summed E-state index contributed by atoms with van der Waals surface area (Å²) < 4.78 is 52.9. The second-order valence-corrected chi connectivity index (χ2v) is 7.18. The van der Waals surface area contributed by atoms with Crippen molar-refractivity contribution in [2.75, 3.05) is 11.1 Å². The number of nitrogens with two attached hydrogens (primary N) is 1. The summed E-state index contributed by atoms with van der Waals surface area (Å²) in [7, 11) is 0. The van der Waals surface area contributed by atoms with Gasteiger partial charge in [0.25, 0.3) is 5.91 Å². The second kappa shape index (κ2) is 7.92. The predicted octanol–water partition coefficient (Wildman–Crippen LogP) is 5.60. The Kier molecular flexibility index (Phi) is 5.25. The third kappa shape index (κ3) is 4.22. The molecule has 3 aromatic carbocycles. The maximum atomic E-state index is 14.0. The van der Waals surface area contributed by atoms with E-state index >= 15 is 0 Å². The van der Waals surface area contributed by atoms with E-state index in [1.54, 1.807) is 30.5 Å². The van der Waals surface area contributed by atoms with Crippen molar-refractivity contribution in [3.8, 4) is 11.1 Å². The van der Waals surface area contributed by atoms with Crippen LogP contribution in [0.3, 0.4) is 0 Å². The summed E-state index contributed by atoms with van der Waals surface area (Å²) in [4.78, 5) is 20.6. The Hall–Kier alpha value is -4.01. The lowest BCUT2D eigenvalue weighted by molar-refractivity contribution is -0.137. The summed E-state index contributed by atoms with van der Waals surface area (Å²) in [5.74, 6) is -1.87. The Morgan fingerprint density at radius 1 is 1.03 bits per heavy atom. The molecule has 1 heterocycles. The number of alkyl halides is 3. The van der Waals surface area contributed by atoms with Gasteiger partial charge in [0.05, 0.1) is 16.6 Å². The summed E-state index contributed by atoms with van der Waals surface area (Å²) in [5, 5.41) is 3.23. The fraction of sp³-hybridized carbons (Fsp3) is 0.0870. The average Bonchev–Trinajstić information content (AvgIpc) is 2.74. The minimum absolute atomic E-state index is 0.160. The van der Waals surface area contributed by atoms with Crippen LogP contribution in [0.2, 0.25) is 0 Å². The highest BCUT2D eigenvalue weighted by molar-refractivity contribution is 6.05. The molecule has 0 radical (unpaired) electrons. The largest absolute Gasteiger partial charge is 0.416 e. The number of aromatic nitrogens is 2. The van der Waals surface area contributed by atoms with Crippen molar-refractivity contribution in [2.24, 2.45) is 0 Å². The lowest BCUT2D eigenvalue weighted by atomic mass is 9.98. The topological polar surface area (TPSA) is 80.9 Å². The van der Waals surface area contributed by atoms with E-state index in [4.69, 9.17) is 5.73 Å². The fourth-order valence-corrected chi connectivity index (χ4v) is 3.30. The molecule has 0 saturated heterocycles. The number of carbonyl (C=O) groups is 1. The minimum atomic E-state index is -4.69. The van der Waals surface area contributed by atoms with Crippen LogP contribution in [-0.2, 0) is 6.18 Å². The van der Waals surface area contributed by atoms with Gasteiger partial charge in [0.2, 0.25) is 5.95 Å². The van der Waals surface area contributed by atoms with Crippen LogP contribution >= 0.6 is 0 Å². The summed E-state index contributed by atoms with van der Waals surface area (Å²) in [5.41, 5.74) is 7.26. The highest BCUT2D eigenvalue weighted by atomic mass is 19.4. The summed E-state index contributed by atoms with van der Waals surface area (Å²) in [6, 6.07) is 12.2. The molecule has 0 unspecified atom stereocenters. The number of carbonyl (C=O) groups excluding carboxylic acids is 1. The van der Waals surface area contributed by atoms with Gasteiger partial charge < -0.3 is 11.1 Å². The number of hydrogen-bond donors (Lipinski definition) is 2. The van der Waals surface area contributed by atoms with Crippen molar-refractivity contribution in [1.82, 2.24) is 9.97 Å². The van der Waals surface area contributed by atoms with E-state index in [0.717, 1.165) is 22.1 Å². The van der Waals surface area contributed by atoms with Crippen LogP contribution in [-0.4, -0.2) is 15.9 Å². The van der Waals surface area contributed by atoms with Gasteiger partial charge in [-0.05, 0) is 66.1 Å². The Morgan fingerprint density at radius 3 is 2.56 bits per heavy atom. The zero-order chi connectivity index (χ0) is 23.0. The van der Waals surface area contributed by atoms with Crippen molar-refractivity contribution in [1.29, 1.82) is 0 Å². The molecule has 9 heteroatoms. The van der Waals surface area contributed by atoms with Gasteiger partial charge >= 0.3 is 6.18 Å². The van der Waals surface area contributed by atoms with Crippen LogP contribution in [0.25, 0.3) is 22.0 Å². The average molecular weight is 440 g/mol. The first-order valence-corrected chi connectivity index (χ1v) is 9.43. The number of benzene rings is 3. The lowest BCUT2D eigenvalue weighted by Gasteiger charge is -2.13. The van der Waals surface area contributed by atoms with E-state index in [1.165, 1.54) is 0 Å². The van der Waals surface area contributed by atoms with E-state index in [0.29, 0.717) is 29.4 Å². The number of aryl methyl sites for hydroxylation is 1. The Bertz CT molecular complexity index is 1350. The Morgan fingerprint density at radius 2 is 1.81 bits per heavy atom. The van der Waals surface area contributed by atoms with E-state index in [1.807, 2.05) is 19.1 Å². The van der Waals surface area contributed by atoms with Gasteiger partial charge in [0.1, 0.15) is 5.82 Å². The molecule has 0 aliphatic rings. The number of nitrogens with one attached hydrogen (secondary N) is 1. The number of fused-ring (bicyclic) bond motifs is 1. The maximum Gasteiger partial charge on any atom is 0.416 e. The van der Waals surface area contributed by atoms with Gasteiger partial charge in [-0.3, -0.25) is 4.79 Å². The number of hydrogen-bond acceptors (Lipinski definition) is 4. The Labute approximate surface area is 179 Å². The van der Waals surface area contributed by atoms with Crippen molar-refractivity contribution in [3.63, 3.8) is 0 Å². The number of rotatable bonds is 3. The van der Waals surface area contributed by atoms with Crippen molar-refractivity contribution in [2.45, 2.75) is 13.1 Å². The number of nitrogen functional groups attached to an aromatic ring is 1. The molecule has 32 heavy (non-hydrogen) atoms. The quantitative estimate of drug-likeness (QED) is 0.407. The molecule has 1 aromatic heterocycles. The number of nitrogens with zero attached hydrogens (tertiary/aromatic N) is 2. The van der Waals surface area contributed by atoms with Gasteiger partial charge in [-0.1, -0.05) is 12.1 Å². The van der Waals surface area contributed by atoms with Gasteiger partial charge in [-0.25, -0.2) is 14.4 Å². The second-order valence-electron chi connectivity index (χ2n) is 7.18. The van der Waals surface area contributed by atoms with Gasteiger partial charge in [0.15, 0.2) is 0 Å². The van der Waals surface area contributed by atoms with Gasteiger partial charge in [0, 0.05) is 17.3 Å². The van der Waals surface area contributed by atoms with E-state index < -0.39 is 29.0 Å². The molecule has 0 saturated carbocycles. The monoisotopic (exact) mass is 440 g/mol. The molecule has 0 spiro atoms. The molecular formula is C23H16F4N4O. The number of anilines is 2. The molecule has 0 bridgehead atoms. The molecule has 0 aliphatic heterocycles. The normalized spacial score (nSPS) is 11.5. The number of halogens is 4. The van der Waals surface area contributed by atoms with Crippen LogP contribution in [0.4, 0.5) is 29.2 Å². The Balaban J connectivity index is 1.67. The van der Waals surface area contributed by atoms with Crippen molar-refractivity contribution >= 4 is 28.4 Å². The molecule has 4 rings (SSSR count). The summed E-state index contributed by atoms with van der Waals surface area (Å²) >= 11 is 0. The van der Waals surface area contributed by atoms with E-state index in [2.05, 4.69) is 15.3 Å². The van der Waals surface area contributed by atoms with E-state index in [9.17, 15) is 22.4 Å². The molecular weight excluding hydrogens is 424 g/mol. The molecule has 1 amide bonds. The highest BCUT2D eigenvalue weighted by Gasteiger charge is 2.32. The first-order valence-electron chi connectivity index (χ1n) is 9.43. The first kappa shape index (κ1) is 21.2. The minimum Gasteiger partial charge on any atom is -0.368 e. The SMILES string of the molecule is Cc1ccc(NC(=O)c2cc(C(F)(F)F)ccc2F)cc1-c1ccc2nc(N)ncc2c1. The first-order chi connectivity index (χ1) is 15.1. The van der Waals surface area contributed by atoms with Gasteiger partial charge in [-0.15, -0.1) is 0 Å². The molecule has 0 fully saturated rings. The van der Waals surface area contributed by atoms with E-state index in [-0.39, 0.29) is 5.95 Å². The van der Waals surface area contributed by atoms with Crippen LogP contribution < -0.4 is 11.1 Å². The van der Waals surface area contributed by atoms with Crippen LogP contribution in [0.15, 0.2) is 60.8 Å². The van der Waals surface area contributed by atoms with Gasteiger partial charge in [-0.2, -0.15) is 13.2 Å². The van der Waals surface area contributed by atoms with Crippen LogP contribution in [0, 0.1) is 12.7 Å². The zero-order valence-corrected chi connectivity index (χ0v) is 16.7. The number of amides is 1. The van der Waals surface area contributed by atoms with Crippen molar-refractivity contribution < 1.29 is 22.4 Å². The highest BCUT2D eigenvalue weighted by Crippen LogP contribution is 2.32. The van der Waals surface area contributed by atoms with Crippen molar-refractivity contribution in [3.05, 3.63) is 83.3 Å². The lowest BCUT2D eigenvalue weighted by Crippen LogP contribution is -2.16. The predicted molar refractivity (Wildman–Crippen MR) is 113 cm³/mol. The maximum absolute atomic E-state index is 14.0. The van der Waals surface area contributed by atoms with Crippen LogP contribution in [0.5, 0.6) is 0 Å². The molecule has 3 N–H and O–H groups in total. The molecule has 0 atom stereocenters. The molecule has 5 nitrogen and oxygen atoms in total. The zero-order valence-electron chi connectivity index (χ0n) is 16.7. The summed E-state index contributed by atoms with van der Waals surface area (Å²) in [6.07, 6.45) is -3.09. The smallest absolute Gasteiger partial charge is 0.368 e. The molecule has 0 aliphatic carbocycles. The van der Waals surface area contributed by atoms with Crippen LogP contribution in [0.1, 0.15) is 21.5 Å². The fourth-order valence-electron chi connectivity index (χ4n) is 3.30. The molecule has 4 aromatic rings.